The van der Waals surface area contributed by atoms with E-state index in [1.165, 1.54) is 12.4 Å². The molecule has 1 amide bonds. The SMILES string of the molecule is Cn1cc(-c2ccc(CN(c3ncnc(NC[C@]4(O)CCN(CC(N)=O)C[C@@H]4O)c3F)C3CC3)c(F)c2)cn1. The Hall–Kier alpha value is -3.68. The van der Waals surface area contributed by atoms with E-state index < -0.39 is 29.2 Å². The van der Waals surface area contributed by atoms with Gasteiger partial charge in [0.15, 0.2) is 11.6 Å². The molecule has 39 heavy (non-hydrogen) atoms. The molecule has 1 aliphatic carbocycles. The number of primary amides is 1. The number of piperidine rings is 1. The first kappa shape index (κ1) is 26.9. The van der Waals surface area contributed by atoms with Crippen molar-refractivity contribution in [2.24, 2.45) is 12.8 Å². The second-order valence-corrected chi connectivity index (χ2v) is 10.4. The molecule has 2 fully saturated rings. The highest BCUT2D eigenvalue weighted by Crippen LogP contribution is 2.35. The van der Waals surface area contributed by atoms with Crippen LogP contribution in [-0.4, -0.2) is 84.7 Å². The third-order valence-electron chi connectivity index (χ3n) is 7.32. The van der Waals surface area contributed by atoms with Crippen LogP contribution in [0.3, 0.4) is 0 Å². The topological polar surface area (TPSA) is 146 Å². The Balaban J connectivity index is 1.30. The number of amides is 1. The van der Waals surface area contributed by atoms with Crippen LogP contribution in [0.25, 0.3) is 11.1 Å². The van der Waals surface area contributed by atoms with Crippen molar-refractivity contribution in [1.82, 2.24) is 24.6 Å². The molecule has 11 nitrogen and oxygen atoms in total. The van der Waals surface area contributed by atoms with Gasteiger partial charge in [-0.1, -0.05) is 12.1 Å². The number of rotatable bonds is 10. The second-order valence-electron chi connectivity index (χ2n) is 10.4. The summed E-state index contributed by atoms with van der Waals surface area (Å²) in [6.07, 6.45) is 5.31. The van der Waals surface area contributed by atoms with Gasteiger partial charge in [-0.3, -0.25) is 14.4 Å². The van der Waals surface area contributed by atoms with E-state index in [9.17, 15) is 15.0 Å². The number of hydrogen-bond donors (Lipinski definition) is 4. The van der Waals surface area contributed by atoms with E-state index in [0.29, 0.717) is 17.7 Å². The van der Waals surface area contributed by atoms with E-state index in [1.807, 2.05) is 6.07 Å². The smallest absolute Gasteiger partial charge is 0.231 e. The molecule has 0 unspecified atom stereocenters. The highest BCUT2D eigenvalue weighted by Gasteiger charge is 2.41. The van der Waals surface area contributed by atoms with Crippen molar-refractivity contribution in [3.63, 3.8) is 0 Å². The number of aliphatic hydroxyl groups excluding tert-OH is 1. The van der Waals surface area contributed by atoms with Crippen LogP contribution in [0.1, 0.15) is 24.8 Å². The summed E-state index contributed by atoms with van der Waals surface area (Å²) in [5.41, 5.74) is 5.56. The van der Waals surface area contributed by atoms with Gasteiger partial charge in [-0.05, 0) is 30.9 Å². The maximum Gasteiger partial charge on any atom is 0.231 e. The largest absolute Gasteiger partial charge is 0.389 e. The summed E-state index contributed by atoms with van der Waals surface area (Å²) in [5.74, 6) is -1.74. The molecule has 0 bridgehead atoms. The maximum absolute atomic E-state index is 15.6. The molecule has 1 aromatic carbocycles. The number of β-amino-alcohol motifs (C(OH)–C–C–N with tert-alkyl or cyclic N) is 1. The summed E-state index contributed by atoms with van der Waals surface area (Å²) >= 11 is 0. The monoisotopic (exact) mass is 542 g/mol. The molecule has 5 N–H and O–H groups in total. The number of likely N-dealkylation sites (tertiary alicyclic amines) is 1. The van der Waals surface area contributed by atoms with Gasteiger partial charge in [-0.2, -0.15) is 9.49 Å². The van der Waals surface area contributed by atoms with Crippen molar-refractivity contribution < 1.29 is 23.8 Å². The zero-order valence-corrected chi connectivity index (χ0v) is 21.6. The quantitative estimate of drug-likeness (QED) is 0.295. The fraction of sp³-hybridized carbons (Fsp3) is 0.462. The number of hydrogen-bond acceptors (Lipinski definition) is 9. The van der Waals surface area contributed by atoms with Gasteiger partial charge in [0.2, 0.25) is 11.7 Å². The number of carbonyl (C=O) groups excluding carboxylic acids is 1. The molecular formula is C26H32F2N8O3. The molecular weight excluding hydrogens is 510 g/mol. The molecule has 2 aliphatic rings. The number of benzene rings is 1. The van der Waals surface area contributed by atoms with Gasteiger partial charge in [0.25, 0.3) is 0 Å². The standard InChI is InChI=1S/C26H32F2N8O3/c1-34-10-18(9-33-34)16-2-3-17(20(27)8-16)11-36(19-4-5-19)25-23(28)24(31-15-32-25)30-14-26(39)6-7-35(12-21(26)37)13-22(29)38/h2-3,8-10,15,19,21,37,39H,4-7,11-14H2,1H3,(H2,29,38)(H,30,31,32)/t21-,26+/m0/s1. The minimum atomic E-state index is -1.55. The molecule has 2 aromatic heterocycles. The van der Waals surface area contributed by atoms with E-state index in [2.05, 4.69) is 20.4 Å². The first-order valence-electron chi connectivity index (χ1n) is 12.8. The number of aryl methyl sites for hydroxylation is 1. The lowest BCUT2D eigenvalue weighted by molar-refractivity contribution is -0.127. The molecule has 1 saturated carbocycles. The number of nitrogens with two attached hydrogens (primary N) is 1. The number of carbonyl (C=O) groups is 1. The van der Waals surface area contributed by atoms with Gasteiger partial charge in [0, 0.05) is 56.6 Å². The molecule has 2 atom stereocenters. The Morgan fingerprint density at radius 2 is 2.08 bits per heavy atom. The van der Waals surface area contributed by atoms with Gasteiger partial charge >= 0.3 is 0 Å². The number of nitrogens with zero attached hydrogens (tertiary/aromatic N) is 6. The van der Waals surface area contributed by atoms with E-state index in [0.717, 1.165) is 18.4 Å². The van der Waals surface area contributed by atoms with Crippen LogP contribution in [0.2, 0.25) is 0 Å². The molecule has 3 aromatic rings. The number of anilines is 2. The summed E-state index contributed by atoms with van der Waals surface area (Å²) in [7, 11) is 1.79. The lowest BCUT2D eigenvalue weighted by Gasteiger charge is -2.41. The van der Waals surface area contributed by atoms with Crippen molar-refractivity contribution in [3.05, 3.63) is 54.1 Å². The van der Waals surface area contributed by atoms with Gasteiger partial charge < -0.3 is 26.2 Å². The minimum absolute atomic E-state index is 0.0141. The number of aromatic nitrogens is 4. The van der Waals surface area contributed by atoms with Crippen LogP contribution < -0.4 is 16.0 Å². The van der Waals surface area contributed by atoms with Crippen molar-refractivity contribution in [1.29, 1.82) is 0 Å². The number of nitrogens with one attached hydrogen (secondary N) is 1. The van der Waals surface area contributed by atoms with E-state index in [1.54, 1.807) is 40.0 Å². The third-order valence-corrected chi connectivity index (χ3v) is 7.32. The van der Waals surface area contributed by atoms with E-state index in [4.69, 9.17) is 5.73 Å². The fourth-order valence-corrected chi connectivity index (χ4v) is 4.89. The Morgan fingerprint density at radius 3 is 2.72 bits per heavy atom. The second kappa shape index (κ2) is 10.8. The molecule has 5 rings (SSSR count). The number of aliphatic hydroxyl groups is 2. The van der Waals surface area contributed by atoms with E-state index in [-0.39, 0.29) is 50.3 Å². The molecule has 0 radical (unpaired) electrons. The summed E-state index contributed by atoms with van der Waals surface area (Å²) in [5, 5.41) is 28.4. The van der Waals surface area contributed by atoms with Crippen LogP contribution in [0.15, 0.2) is 36.9 Å². The lowest BCUT2D eigenvalue weighted by Crippen LogP contribution is -2.59. The molecule has 208 valence electrons. The van der Waals surface area contributed by atoms with Crippen LogP contribution in [-0.2, 0) is 18.4 Å². The Kier molecular flexibility index (Phi) is 7.47. The molecule has 1 aliphatic heterocycles. The van der Waals surface area contributed by atoms with Crippen molar-refractivity contribution in [2.75, 3.05) is 36.4 Å². The summed E-state index contributed by atoms with van der Waals surface area (Å²) in [6.45, 7) is 0.332. The highest BCUT2D eigenvalue weighted by atomic mass is 19.1. The molecule has 0 spiro atoms. The minimum Gasteiger partial charge on any atom is -0.389 e. The first-order chi connectivity index (χ1) is 18.6. The number of halogens is 2. The van der Waals surface area contributed by atoms with E-state index >= 15 is 8.78 Å². The third kappa shape index (κ3) is 6.00. The van der Waals surface area contributed by atoms with Crippen LogP contribution >= 0.6 is 0 Å². The lowest BCUT2D eigenvalue weighted by atomic mass is 9.88. The summed E-state index contributed by atoms with van der Waals surface area (Å²) in [4.78, 5) is 22.7. The van der Waals surface area contributed by atoms with Crippen molar-refractivity contribution in [3.8, 4) is 11.1 Å². The Morgan fingerprint density at radius 1 is 1.28 bits per heavy atom. The zero-order valence-electron chi connectivity index (χ0n) is 21.6. The van der Waals surface area contributed by atoms with Crippen molar-refractivity contribution >= 4 is 17.5 Å². The van der Waals surface area contributed by atoms with Crippen LogP contribution in [0, 0.1) is 11.6 Å². The van der Waals surface area contributed by atoms with Crippen molar-refractivity contribution in [2.45, 2.75) is 43.6 Å². The summed E-state index contributed by atoms with van der Waals surface area (Å²) < 4.78 is 32.4. The molecule has 3 heterocycles. The average molecular weight is 543 g/mol. The normalized spacial score (nSPS) is 21.6. The Bertz CT molecular complexity index is 1350. The molecule has 1 saturated heterocycles. The van der Waals surface area contributed by atoms with Gasteiger partial charge in [-0.15, -0.1) is 0 Å². The predicted molar refractivity (Wildman–Crippen MR) is 139 cm³/mol. The Labute approximate surface area is 224 Å². The first-order valence-corrected chi connectivity index (χ1v) is 12.8. The van der Waals surface area contributed by atoms with Gasteiger partial charge in [-0.25, -0.2) is 14.4 Å². The highest BCUT2D eigenvalue weighted by molar-refractivity contribution is 5.75. The van der Waals surface area contributed by atoms with Gasteiger partial charge in [0.1, 0.15) is 17.7 Å². The fourth-order valence-electron chi connectivity index (χ4n) is 4.89. The van der Waals surface area contributed by atoms with Crippen LogP contribution in [0.5, 0.6) is 0 Å². The summed E-state index contributed by atoms with van der Waals surface area (Å²) in [6, 6.07) is 4.96. The zero-order chi connectivity index (χ0) is 27.7. The average Bonchev–Trinajstić information content (AvgIpc) is 3.64. The van der Waals surface area contributed by atoms with Gasteiger partial charge in [0.05, 0.1) is 18.8 Å². The maximum atomic E-state index is 15.6. The molecule has 13 heteroatoms. The van der Waals surface area contributed by atoms with Crippen LogP contribution in [0.4, 0.5) is 20.4 Å². The predicted octanol–water partition coefficient (Wildman–Crippen LogP) is 1.02.